The van der Waals surface area contributed by atoms with Crippen LogP contribution in [0.5, 0.6) is 0 Å². The van der Waals surface area contributed by atoms with E-state index in [0.29, 0.717) is 6.42 Å². The average molecular weight is 786 g/mol. The van der Waals surface area contributed by atoms with Crippen LogP contribution in [0, 0.1) is 0 Å². The number of rotatable bonds is 46. The lowest BCUT2D eigenvalue weighted by molar-refractivity contribution is -0.123. The van der Waals surface area contributed by atoms with Gasteiger partial charge in [-0.2, -0.15) is 0 Å². The summed E-state index contributed by atoms with van der Waals surface area (Å²) >= 11 is 0. The summed E-state index contributed by atoms with van der Waals surface area (Å²) in [6, 6.07) is -0.642. The molecule has 3 N–H and O–H groups in total. The second-order valence-electron chi connectivity index (χ2n) is 17.2. The van der Waals surface area contributed by atoms with Gasteiger partial charge in [0.05, 0.1) is 18.8 Å². The lowest BCUT2D eigenvalue weighted by Crippen LogP contribution is -2.45. The van der Waals surface area contributed by atoms with Gasteiger partial charge in [0.15, 0.2) is 0 Å². The number of hydrogen-bond acceptors (Lipinski definition) is 3. The van der Waals surface area contributed by atoms with Crippen molar-refractivity contribution in [2.24, 2.45) is 0 Å². The van der Waals surface area contributed by atoms with Crippen molar-refractivity contribution in [1.29, 1.82) is 0 Å². The van der Waals surface area contributed by atoms with E-state index in [4.69, 9.17) is 0 Å². The van der Waals surface area contributed by atoms with E-state index >= 15 is 0 Å². The van der Waals surface area contributed by atoms with E-state index in [1.165, 1.54) is 205 Å². The molecule has 0 aliphatic rings. The van der Waals surface area contributed by atoms with Crippen LogP contribution in [0.2, 0.25) is 0 Å². The molecular weight excluding hydrogens is 687 g/mol. The highest BCUT2D eigenvalue weighted by Gasteiger charge is 2.17. The van der Waals surface area contributed by atoms with E-state index in [2.05, 4.69) is 43.5 Å². The smallest absolute Gasteiger partial charge is 0.220 e. The molecule has 0 aromatic rings. The second kappa shape index (κ2) is 48.0. The Morgan fingerprint density at radius 3 is 1.04 bits per heavy atom. The van der Waals surface area contributed by atoms with Crippen molar-refractivity contribution in [2.45, 2.75) is 283 Å². The molecule has 0 saturated carbocycles. The van der Waals surface area contributed by atoms with Crippen molar-refractivity contribution in [3.63, 3.8) is 0 Å². The van der Waals surface area contributed by atoms with Crippen LogP contribution >= 0.6 is 0 Å². The molecule has 330 valence electrons. The Morgan fingerprint density at radius 1 is 0.411 bits per heavy atom. The molecule has 56 heavy (non-hydrogen) atoms. The highest BCUT2D eigenvalue weighted by molar-refractivity contribution is 5.76. The zero-order valence-electron chi connectivity index (χ0n) is 37.9. The van der Waals surface area contributed by atoms with E-state index in [1.54, 1.807) is 6.08 Å². The van der Waals surface area contributed by atoms with Gasteiger partial charge in [-0.1, -0.05) is 243 Å². The molecule has 0 aliphatic carbocycles. The van der Waals surface area contributed by atoms with Crippen LogP contribution < -0.4 is 5.32 Å². The lowest BCUT2D eigenvalue weighted by atomic mass is 10.0. The number of aliphatic hydroxyl groups excluding tert-OH is 2. The number of carbonyl (C=O) groups excluding carboxylic acids is 1. The minimum absolute atomic E-state index is 0.0814. The van der Waals surface area contributed by atoms with Gasteiger partial charge in [0.1, 0.15) is 0 Å². The molecule has 0 rings (SSSR count). The normalized spacial score (nSPS) is 13.1. The largest absolute Gasteiger partial charge is 0.394 e. The minimum Gasteiger partial charge on any atom is -0.394 e. The summed E-state index contributed by atoms with van der Waals surface area (Å²) in [5.41, 5.74) is 0. The van der Waals surface area contributed by atoms with Gasteiger partial charge in [-0.05, 0) is 57.8 Å². The lowest BCUT2D eigenvalue weighted by Gasteiger charge is -2.19. The van der Waals surface area contributed by atoms with Gasteiger partial charge >= 0.3 is 0 Å². The molecule has 2 unspecified atom stereocenters. The molecule has 0 bridgehead atoms. The molecule has 0 heterocycles. The number of hydrogen-bond donors (Lipinski definition) is 3. The van der Waals surface area contributed by atoms with Crippen LogP contribution in [0.1, 0.15) is 271 Å². The third-order valence-electron chi connectivity index (χ3n) is 11.6. The molecule has 1 amide bonds. The molecule has 0 spiro atoms. The summed E-state index contributed by atoms with van der Waals surface area (Å²) in [5.74, 6) is -0.0814. The first-order chi connectivity index (χ1) is 27.7. The fourth-order valence-electron chi connectivity index (χ4n) is 7.72. The molecule has 4 heteroatoms. The highest BCUT2D eigenvalue weighted by atomic mass is 16.3. The number of carbonyl (C=O) groups is 1. The van der Waals surface area contributed by atoms with Gasteiger partial charge in [-0.3, -0.25) is 4.79 Å². The van der Waals surface area contributed by atoms with Crippen LogP contribution in [0.25, 0.3) is 0 Å². The van der Waals surface area contributed by atoms with Crippen LogP contribution in [0.4, 0.5) is 0 Å². The maximum atomic E-state index is 12.4. The van der Waals surface area contributed by atoms with Crippen LogP contribution in [-0.2, 0) is 4.79 Å². The van der Waals surface area contributed by atoms with Gasteiger partial charge in [-0.25, -0.2) is 0 Å². The van der Waals surface area contributed by atoms with Crippen LogP contribution in [0.3, 0.4) is 0 Å². The summed E-state index contributed by atoms with van der Waals surface area (Å²) in [5, 5.41) is 23.0. The van der Waals surface area contributed by atoms with Gasteiger partial charge in [0.2, 0.25) is 5.91 Å². The van der Waals surface area contributed by atoms with Gasteiger partial charge in [0.25, 0.3) is 0 Å². The SMILES string of the molecule is CCCCCCC/C=C\CCCCCCCC(=O)NC(CO)C(O)/C=C/CC/C=C/CCCCCCCCCCCCCCCCCCCCCCCCCC. The zero-order valence-corrected chi connectivity index (χ0v) is 37.9. The fraction of sp³-hybridized carbons (Fsp3) is 0.865. The van der Waals surface area contributed by atoms with Crippen molar-refractivity contribution < 1.29 is 15.0 Å². The first-order valence-corrected chi connectivity index (χ1v) is 25.2. The molecule has 0 aliphatic heterocycles. The van der Waals surface area contributed by atoms with E-state index in [-0.39, 0.29) is 12.5 Å². The molecular formula is C52H99NO3. The number of unbranched alkanes of at least 4 members (excludes halogenated alkanes) is 35. The Balaban J connectivity index is 3.51. The summed E-state index contributed by atoms with van der Waals surface area (Å²) in [7, 11) is 0. The zero-order chi connectivity index (χ0) is 40.7. The van der Waals surface area contributed by atoms with E-state index in [0.717, 1.165) is 44.9 Å². The quantitative estimate of drug-likeness (QED) is 0.0425. The van der Waals surface area contributed by atoms with E-state index in [1.807, 2.05) is 6.08 Å². The average Bonchev–Trinajstić information content (AvgIpc) is 3.20. The standard InChI is InChI=1S/C52H99NO3/c1-3-5-7-9-11-13-15-17-19-20-21-22-23-24-25-26-27-28-29-30-31-32-33-34-35-37-39-41-43-45-47-51(55)50(49-54)53-52(56)48-46-44-42-40-38-36-18-16-14-12-10-8-6-4-2/h16,18,37,39,45,47,50-51,54-55H,3-15,17,19-36,38,40-44,46,48-49H2,1-2H3,(H,53,56)/b18-16-,39-37+,47-45+. The van der Waals surface area contributed by atoms with Gasteiger partial charge in [-0.15, -0.1) is 0 Å². The number of amides is 1. The summed E-state index contributed by atoms with van der Waals surface area (Å²) < 4.78 is 0. The topological polar surface area (TPSA) is 69.6 Å². The van der Waals surface area contributed by atoms with Gasteiger partial charge < -0.3 is 15.5 Å². The molecule has 0 radical (unpaired) electrons. The first kappa shape index (κ1) is 54.6. The Kier molecular flexibility index (Phi) is 46.8. The highest BCUT2D eigenvalue weighted by Crippen LogP contribution is 2.16. The monoisotopic (exact) mass is 786 g/mol. The second-order valence-corrected chi connectivity index (χ2v) is 17.2. The maximum Gasteiger partial charge on any atom is 0.220 e. The molecule has 4 nitrogen and oxygen atoms in total. The first-order valence-electron chi connectivity index (χ1n) is 25.2. The Morgan fingerprint density at radius 2 is 0.696 bits per heavy atom. The Bertz CT molecular complexity index is 851. The van der Waals surface area contributed by atoms with Gasteiger partial charge in [0, 0.05) is 6.42 Å². The summed E-state index contributed by atoms with van der Waals surface area (Å²) in [6.07, 6.45) is 64.4. The van der Waals surface area contributed by atoms with Crippen molar-refractivity contribution in [1.82, 2.24) is 5.32 Å². The molecule has 2 atom stereocenters. The maximum absolute atomic E-state index is 12.4. The van der Waals surface area contributed by atoms with Crippen LogP contribution in [-0.4, -0.2) is 34.9 Å². The Labute approximate surface area is 351 Å². The third kappa shape index (κ3) is 43.7. The molecule has 0 aromatic carbocycles. The predicted octanol–water partition coefficient (Wildman–Crippen LogP) is 16.1. The fourth-order valence-corrected chi connectivity index (χ4v) is 7.72. The predicted molar refractivity (Wildman–Crippen MR) is 248 cm³/mol. The molecule has 0 aromatic heterocycles. The molecule has 0 saturated heterocycles. The third-order valence-corrected chi connectivity index (χ3v) is 11.6. The summed E-state index contributed by atoms with van der Waals surface area (Å²) in [4.78, 5) is 12.4. The van der Waals surface area contributed by atoms with Crippen molar-refractivity contribution in [2.75, 3.05) is 6.61 Å². The van der Waals surface area contributed by atoms with E-state index < -0.39 is 12.1 Å². The van der Waals surface area contributed by atoms with Crippen molar-refractivity contribution in [3.05, 3.63) is 36.5 Å². The van der Waals surface area contributed by atoms with Crippen molar-refractivity contribution in [3.8, 4) is 0 Å². The number of nitrogens with one attached hydrogen (secondary N) is 1. The van der Waals surface area contributed by atoms with E-state index in [9.17, 15) is 15.0 Å². The summed E-state index contributed by atoms with van der Waals surface area (Å²) in [6.45, 7) is 4.30. The molecule has 0 fully saturated rings. The number of aliphatic hydroxyl groups is 2. The number of allylic oxidation sites excluding steroid dienone is 5. The van der Waals surface area contributed by atoms with Crippen LogP contribution in [0.15, 0.2) is 36.5 Å². The van der Waals surface area contributed by atoms with Crippen molar-refractivity contribution >= 4 is 5.91 Å². The Hall–Kier alpha value is -1.39. The minimum atomic E-state index is -0.865.